The van der Waals surface area contributed by atoms with Crippen molar-refractivity contribution in [1.29, 1.82) is 0 Å². The van der Waals surface area contributed by atoms with Crippen molar-refractivity contribution in [2.24, 2.45) is 0 Å². The Hall–Kier alpha value is -2.49. The summed E-state index contributed by atoms with van der Waals surface area (Å²) >= 11 is 0. The molecule has 0 radical (unpaired) electrons. The van der Waals surface area contributed by atoms with E-state index in [1.54, 1.807) is 0 Å². The molecule has 0 bridgehead atoms. The van der Waals surface area contributed by atoms with Crippen molar-refractivity contribution in [3.63, 3.8) is 0 Å². The highest BCUT2D eigenvalue weighted by molar-refractivity contribution is 5.87. The van der Waals surface area contributed by atoms with E-state index in [1.165, 1.54) is 10.8 Å². The molecule has 4 heteroatoms. The van der Waals surface area contributed by atoms with Crippen LogP contribution in [0.1, 0.15) is 25.6 Å². The summed E-state index contributed by atoms with van der Waals surface area (Å²) in [6, 6.07) is 14.9. The second kappa shape index (κ2) is 5.13. The molecule has 3 N–H and O–H groups in total. The SMILES string of the molecule is Cc1nn(C(C)C)c(Nc2ccc3ccccc3c2)c1N. The van der Waals surface area contributed by atoms with Gasteiger partial charge in [-0.3, -0.25) is 0 Å². The van der Waals surface area contributed by atoms with Gasteiger partial charge in [0.2, 0.25) is 0 Å². The first-order valence-corrected chi connectivity index (χ1v) is 7.16. The fourth-order valence-electron chi connectivity index (χ4n) is 2.46. The maximum Gasteiger partial charge on any atom is 0.152 e. The van der Waals surface area contributed by atoms with Crippen LogP contribution in [0, 0.1) is 6.92 Å². The van der Waals surface area contributed by atoms with Crippen LogP contribution in [-0.2, 0) is 0 Å². The molecule has 21 heavy (non-hydrogen) atoms. The summed E-state index contributed by atoms with van der Waals surface area (Å²) in [5.74, 6) is 0.859. The quantitative estimate of drug-likeness (QED) is 0.754. The number of aromatic nitrogens is 2. The van der Waals surface area contributed by atoms with Crippen molar-refractivity contribution in [1.82, 2.24) is 9.78 Å². The van der Waals surface area contributed by atoms with Gasteiger partial charge in [-0.05, 0) is 43.7 Å². The molecule has 0 aliphatic carbocycles. The molecule has 0 saturated heterocycles. The Bertz CT molecular complexity index is 787. The number of nitrogen functional groups attached to an aromatic ring is 1. The zero-order valence-electron chi connectivity index (χ0n) is 12.6. The van der Waals surface area contributed by atoms with E-state index in [0.29, 0.717) is 5.69 Å². The van der Waals surface area contributed by atoms with Crippen LogP contribution in [0.4, 0.5) is 17.2 Å². The van der Waals surface area contributed by atoms with Gasteiger partial charge in [0, 0.05) is 11.7 Å². The van der Waals surface area contributed by atoms with Gasteiger partial charge in [-0.15, -0.1) is 0 Å². The number of hydrogen-bond donors (Lipinski definition) is 2. The van der Waals surface area contributed by atoms with Crippen LogP contribution in [0.5, 0.6) is 0 Å². The first-order valence-electron chi connectivity index (χ1n) is 7.16. The lowest BCUT2D eigenvalue weighted by Crippen LogP contribution is -2.08. The molecule has 0 aliphatic heterocycles. The zero-order chi connectivity index (χ0) is 15.0. The predicted octanol–water partition coefficient (Wildman–Crippen LogP) is 4.25. The largest absolute Gasteiger partial charge is 0.394 e. The Morgan fingerprint density at radius 1 is 1.10 bits per heavy atom. The van der Waals surface area contributed by atoms with Gasteiger partial charge in [0.1, 0.15) is 0 Å². The van der Waals surface area contributed by atoms with Crippen LogP contribution in [0.2, 0.25) is 0 Å². The number of aryl methyl sites for hydroxylation is 1. The van der Waals surface area contributed by atoms with Crippen molar-refractivity contribution in [2.45, 2.75) is 26.8 Å². The highest BCUT2D eigenvalue weighted by Crippen LogP contribution is 2.29. The monoisotopic (exact) mass is 280 g/mol. The van der Waals surface area contributed by atoms with Crippen LogP contribution >= 0.6 is 0 Å². The summed E-state index contributed by atoms with van der Waals surface area (Å²) in [6.45, 7) is 6.12. The van der Waals surface area contributed by atoms with E-state index in [9.17, 15) is 0 Å². The third-order valence-electron chi connectivity index (χ3n) is 3.63. The Morgan fingerprint density at radius 2 is 1.81 bits per heavy atom. The Labute approximate surface area is 124 Å². The van der Waals surface area contributed by atoms with Gasteiger partial charge in [0.15, 0.2) is 5.82 Å². The highest BCUT2D eigenvalue weighted by atomic mass is 15.4. The number of nitrogens with zero attached hydrogens (tertiary/aromatic N) is 2. The molecule has 3 aromatic rings. The second-order valence-corrected chi connectivity index (χ2v) is 5.57. The number of anilines is 3. The molecule has 0 fully saturated rings. The fraction of sp³-hybridized carbons (Fsp3) is 0.235. The molecule has 1 aromatic heterocycles. The molecular weight excluding hydrogens is 260 g/mol. The Balaban J connectivity index is 2.02. The standard InChI is InChI=1S/C17H20N4/c1-11(2)21-17(16(18)12(3)20-21)19-15-9-8-13-6-4-5-7-14(13)10-15/h4-11,19H,18H2,1-3H3. The average molecular weight is 280 g/mol. The molecule has 0 atom stereocenters. The van der Waals surface area contributed by atoms with E-state index >= 15 is 0 Å². The van der Waals surface area contributed by atoms with Crippen LogP contribution < -0.4 is 11.1 Å². The van der Waals surface area contributed by atoms with Crippen molar-refractivity contribution in [3.05, 3.63) is 48.2 Å². The highest BCUT2D eigenvalue weighted by Gasteiger charge is 2.14. The third kappa shape index (κ3) is 2.44. The van der Waals surface area contributed by atoms with Gasteiger partial charge in [-0.1, -0.05) is 30.3 Å². The molecule has 2 aromatic carbocycles. The molecule has 108 valence electrons. The summed E-state index contributed by atoms with van der Waals surface area (Å²) in [5.41, 5.74) is 8.73. The lowest BCUT2D eigenvalue weighted by atomic mass is 10.1. The van der Waals surface area contributed by atoms with E-state index in [0.717, 1.165) is 17.2 Å². The number of nitrogens with two attached hydrogens (primary N) is 1. The van der Waals surface area contributed by atoms with E-state index in [2.05, 4.69) is 54.6 Å². The summed E-state index contributed by atoms with van der Waals surface area (Å²) in [7, 11) is 0. The number of rotatable bonds is 3. The second-order valence-electron chi connectivity index (χ2n) is 5.57. The minimum atomic E-state index is 0.254. The normalized spacial score (nSPS) is 11.2. The topological polar surface area (TPSA) is 55.9 Å². The Kier molecular flexibility index (Phi) is 3.29. The summed E-state index contributed by atoms with van der Waals surface area (Å²) in [5, 5.41) is 10.3. The number of nitrogens with one attached hydrogen (secondary N) is 1. The fourth-order valence-corrected chi connectivity index (χ4v) is 2.46. The van der Waals surface area contributed by atoms with Crippen LogP contribution in [-0.4, -0.2) is 9.78 Å². The third-order valence-corrected chi connectivity index (χ3v) is 3.63. The van der Waals surface area contributed by atoms with Crippen molar-refractivity contribution in [2.75, 3.05) is 11.1 Å². The van der Waals surface area contributed by atoms with Gasteiger partial charge in [0.25, 0.3) is 0 Å². The van der Waals surface area contributed by atoms with Crippen molar-refractivity contribution in [3.8, 4) is 0 Å². The molecule has 0 unspecified atom stereocenters. The lowest BCUT2D eigenvalue weighted by Gasteiger charge is -2.14. The molecule has 0 spiro atoms. The molecule has 3 rings (SSSR count). The van der Waals surface area contributed by atoms with Gasteiger partial charge < -0.3 is 11.1 Å². The van der Waals surface area contributed by atoms with Gasteiger partial charge in [-0.25, -0.2) is 4.68 Å². The Morgan fingerprint density at radius 3 is 2.52 bits per heavy atom. The summed E-state index contributed by atoms with van der Waals surface area (Å²) in [6.07, 6.45) is 0. The maximum absolute atomic E-state index is 6.16. The van der Waals surface area contributed by atoms with E-state index in [-0.39, 0.29) is 6.04 Å². The molecule has 4 nitrogen and oxygen atoms in total. The zero-order valence-corrected chi connectivity index (χ0v) is 12.6. The molecule has 0 amide bonds. The maximum atomic E-state index is 6.16. The van der Waals surface area contributed by atoms with Crippen molar-refractivity contribution >= 4 is 28.0 Å². The minimum Gasteiger partial charge on any atom is -0.394 e. The lowest BCUT2D eigenvalue weighted by molar-refractivity contribution is 0.536. The van der Waals surface area contributed by atoms with Gasteiger partial charge in [-0.2, -0.15) is 5.10 Å². The minimum absolute atomic E-state index is 0.254. The molecule has 0 aliphatic rings. The van der Waals surface area contributed by atoms with E-state index in [4.69, 9.17) is 5.73 Å². The first-order chi connectivity index (χ1) is 10.1. The van der Waals surface area contributed by atoms with Gasteiger partial charge in [0.05, 0.1) is 11.4 Å². The van der Waals surface area contributed by atoms with Crippen LogP contribution in [0.25, 0.3) is 10.8 Å². The average Bonchev–Trinajstić information content (AvgIpc) is 2.76. The smallest absolute Gasteiger partial charge is 0.152 e. The summed E-state index contributed by atoms with van der Waals surface area (Å²) in [4.78, 5) is 0. The predicted molar refractivity (Wildman–Crippen MR) is 89.0 cm³/mol. The van der Waals surface area contributed by atoms with Gasteiger partial charge >= 0.3 is 0 Å². The van der Waals surface area contributed by atoms with E-state index < -0.39 is 0 Å². The summed E-state index contributed by atoms with van der Waals surface area (Å²) < 4.78 is 1.93. The first kappa shape index (κ1) is 13.5. The van der Waals surface area contributed by atoms with E-state index in [1.807, 2.05) is 23.7 Å². The van der Waals surface area contributed by atoms with Crippen LogP contribution in [0.15, 0.2) is 42.5 Å². The number of benzene rings is 2. The molecule has 1 heterocycles. The molecule has 0 saturated carbocycles. The van der Waals surface area contributed by atoms with Crippen LogP contribution in [0.3, 0.4) is 0 Å². The van der Waals surface area contributed by atoms with Crippen molar-refractivity contribution < 1.29 is 0 Å². The number of hydrogen-bond acceptors (Lipinski definition) is 3. The number of fused-ring (bicyclic) bond motifs is 1. The molecular formula is C17H20N4.